The van der Waals surface area contributed by atoms with Gasteiger partial charge in [-0.15, -0.1) is 0 Å². The smallest absolute Gasteiger partial charge is 0.266 e. The van der Waals surface area contributed by atoms with Gasteiger partial charge in [0.2, 0.25) is 11.8 Å². The molecule has 3 aliphatic heterocycles. The summed E-state index contributed by atoms with van der Waals surface area (Å²) in [6.07, 6.45) is 0. The van der Waals surface area contributed by atoms with Crippen LogP contribution in [0, 0.1) is 17.8 Å². The lowest BCUT2D eigenvalue weighted by molar-refractivity contribution is -0.123. The lowest BCUT2D eigenvalue weighted by atomic mass is 9.75. The highest BCUT2D eigenvalue weighted by atomic mass is 35.5. The van der Waals surface area contributed by atoms with Crippen LogP contribution in [0.3, 0.4) is 0 Å². The fourth-order valence-corrected chi connectivity index (χ4v) is 6.99. The highest BCUT2D eigenvalue weighted by Gasteiger charge is 2.70. The summed E-state index contributed by atoms with van der Waals surface area (Å²) in [5.74, 6) is -1.86. The number of imide groups is 1. The van der Waals surface area contributed by atoms with Gasteiger partial charge in [0.1, 0.15) is 11.4 Å². The summed E-state index contributed by atoms with van der Waals surface area (Å²) in [5.41, 5.74) is 0.795. The van der Waals surface area contributed by atoms with E-state index in [1.165, 1.54) is 11.0 Å². The number of aromatic nitrogens is 2. The number of halogens is 2. The van der Waals surface area contributed by atoms with E-state index in [4.69, 9.17) is 28.2 Å². The third-order valence-corrected chi connectivity index (χ3v) is 8.72. The quantitative estimate of drug-likeness (QED) is 0.370. The van der Waals surface area contributed by atoms with E-state index in [9.17, 15) is 14.4 Å². The average molecular weight is 545 g/mol. The predicted octanol–water partition coefficient (Wildman–Crippen LogP) is 4.68. The van der Waals surface area contributed by atoms with E-state index >= 15 is 0 Å². The standard InChI is InChI=1S/C29H22Cl2N4O3/c1-14(2)24-22-23(27(38)34(26(22)37)21-13-15(30)11-12-18(21)31)29(33-24)17-8-4-6-10-20(17)35-25(36)16-7-3-5-9-19(16)32-28(29)35/h3-14,22-24,33H,1-2H3/t22-,23-,24?,29?/m1/s1. The highest BCUT2D eigenvalue weighted by molar-refractivity contribution is 6.38. The maximum absolute atomic E-state index is 14.4. The molecular weight excluding hydrogens is 523 g/mol. The molecule has 4 atom stereocenters. The molecule has 7 rings (SSSR count). The minimum absolute atomic E-state index is 0.00167. The number of rotatable bonds is 2. The van der Waals surface area contributed by atoms with Gasteiger partial charge in [-0.05, 0) is 42.3 Å². The van der Waals surface area contributed by atoms with E-state index in [1.54, 1.807) is 34.9 Å². The molecule has 4 aromatic rings. The molecule has 0 saturated carbocycles. The number of fused-ring (bicyclic) bond motifs is 8. The highest BCUT2D eigenvalue weighted by Crippen LogP contribution is 2.56. The first-order chi connectivity index (χ1) is 18.3. The number of carbonyl (C=O) groups excluding carboxylic acids is 2. The van der Waals surface area contributed by atoms with Crippen molar-refractivity contribution < 1.29 is 9.59 Å². The summed E-state index contributed by atoms with van der Waals surface area (Å²) in [5, 5.41) is 4.79. The minimum Gasteiger partial charge on any atom is -0.296 e. The number of anilines is 1. The van der Waals surface area contributed by atoms with Crippen molar-refractivity contribution in [1.82, 2.24) is 14.9 Å². The van der Waals surface area contributed by atoms with Crippen molar-refractivity contribution in [2.45, 2.75) is 25.4 Å². The first kappa shape index (κ1) is 23.6. The van der Waals surface area contributed by atoms with Gasteiger partial charge in [0.15, 0.2) is 0 Å². The topological polar surface area (TPSA) is 84.3 Å². The van der Waals surface area contributed by atoms with Gasteiger partial charge in [0.05, 0.1) is 39.1 Å². The van der Waals surface area contributed by atoms with Crippen LogP contribution in [0.15, 0.2) is 71.5 Å². The van der Waals surface area contributed by atoms with E-state index in [0.717, 1.165) is 5.56 Å². The van der Waals surface area contributed by atoms with Gasteiger partial charge in [0, 0.05) is 16.6 Å². The first-order valence-corrected chi connectivity index (χ1v) is 13.2. The van der Waals surface area contributed by atoms with Crippen LogP contribution in [0.25, 0.3) is 16.6 Å². The minimum atomic E-state index is -1.19. The molecule has 2 saturated heterocycles. The largest absolute Gasteiger partial charge is 0.296 e. The van der Waals surface area contributed by atoms with Gasteiger partial charge in [0.25, 0.3) is 5.56 Å². The van der Waals surface area contributed by atoms with Crippen LogP contribution in [0.4, 0.5) is 5.69 Å². The molecule has 2 amide bonds. The predicted molar refractivity (Wildman–Crippen MR) is 146 cm³/mol. The van der Waals surface area contributed by atoms with E-state index in [-0.39, 0.29) is 34.1 Å². The zero-order valence-electron chi connectivity index (χ0n) is 20.5. The molecule has 38 heavy (non-hydrogen) atoms. The summed E-state index contributed by atoms with van der Waals surface area (Å²) >= 11 is 12.7. The fraction of sp³-hybridized carbons (Fsp3) is 0.241. The second-order valence-electron chi connectivity index (χ2n) is 10.4. The van der Waals surface area contributed by atoms with Gasteiger partial charge in [-0.25, -0.2) is 9.88 Å². The second-order valence-corrected chi connectivity index (χ2v) is 11.3. The monoisotopic (exact) mass is 544 g/mol. The van der Waals surface area contributed by atoms with Crippen LogP contribution in [0.5, 0.6) is 0 Å². The van der Waals surface area contributed by atoms with Crippen LogP contribution in [-0.4, -0.2) is 27.4 Å². The molecule has 3 aromatic carbocycles. The Kier molecular flexibility index (Phi) is 4.96. The number of nitrogens with one attached hydrogen (secondary N) is 1. The number of amides is 2. The lowest BCUT2D eigenvalue weighted by Gasteiger charge is -2.32. The molecule has 3 aliphatic rings. The molecule has 4 heterocycles. The van der Waals surface area contributed by atoms with E-state index in [1.807, 2.05) is 44.2 Å². The van der Waals surface area contributed by atoms with Gasteiger partial charge < -0.3 is 0 Å². The number of carbonyl (C=O) groups is 2. The van der Waals surface area contributed by atoms with Gasteiger partial charge in [-0.3, -0.25) is 24.3 Å². The summed E-state index contributed by atoms with van der Waals surface area (Å²) in [6, 6.07) is 19.1. The molecule has 0 radical (unpaired) electrons. The molecule has 1 spiro atoms. The van der Waals surface area contributed by atoms with Crippen molar-refractivity contribution in [2.75, 3.05) is 4.90 Å². The lowest BCUT2D eigenvalue weighted by Crippen LogP contribution is -2.51. The zero-order chi connectivity index (χ0) is 26.5. The number of nitrogens with zero attached hydrogens (tertiary/aromatic N) is 3. The van der Waals surface area contributed by atoms with Crippen LogP contribution in [0.2, 0.25) is 10.0 Å². The van der Waals surface area contributed by atoms with E-state index in [2.05, 4.69) is 5.32 Å². The van der Waals surface area contributed by atoms with Crippen LogP contribution >= 0.6 is 23.2 Å². The normalized spacial score (nSPS) is 25.5. The van der Waals surface area contributed by atoms with Gasteiger partial charge in [-0.2, -0.15) is 0 Å². The van der Waals surface area contributed by atoms with Crippen molar-refractivity contribution in [1.29, 1.82) is 0 Å². The van der Waals surface area contributed by atoms with Crippen molar-refractivity contribution >= 4 is 51.6 Å². The Balaban J connectivity index is 1.54. The third kappa shape index (κ3) is 2.84. The van der Waals surface area contributed by atoms with Crippen LogP contribution < -0.4 is 15.8 Å². The summed E-state index contributed by atoms with van der Waals surface area (Å²) in [6.45, 7) is 4.03. The molecule has 0 aliphatic carbocycles. The Labute approximate surface area is 228 Å². The van der Waals surface area contributed by atoms with Gasteiger partial charge >= 0.3 is 0 Å². The van der Waals surface area contributed by atoms with E-state index in [0.29, 0.717) is 27.4 Å². The number of benzene rings is 3. The maximum Gasteiger partial charge on any atom is 0.266 e. The Hall–Kier alpha value is -3.52. The summed E-state index contributed by atoms with van der Waals surface area (Å²) < 4.78 is 1.59. The van der Waals surface area contributed by atoms with Crippen molar-refractivity contribution in [3.05, 3.63) is 98.5 Å². The Morgan fingerprint density at radius 1 is 0.921 bits per heavy atom. The molecule has 2 unspecified atom stereocenters. The Bertz CT molecular complexity index is 1770. The van der Waals surface area contributed by atoms with Crippen LogP contribution in [-0.2, 0) is 15.1 Å². The van der Waals surface area contributed by atoms with Crippen molar-refractivity contribution in [2.24, 2.45) is 17.8 Å². The van der Waals surface area contributed by atoms with Gasteiger partial charge in [-0.1, -0.05) is 67.4 Å². The number of hydrogen-bond donors (Lipinski definition) is 1. The zero-order valence-corrected chi connectivity index (χ0v) is 22.0. The number of para-hydroxylation sites is 2. The molecule has 2 fully saturated rings. The second kappa shape index (κ2) is 7.99. The Morgan fingerprint density at radius 3 is 2.45 bits per heavy atom. The molecule has 7 nitrogen and oxygen atoms in total. The SMILES string of the molecule is CC(C)C1NC2(c3ccccc3-n3c2nc2ccccc2c3=O)[C@H]2C(=O)N(c3cc(Cl)ccc3Cl)C(=O)[C@@H]12. The van der Waals surface area contributed by atoms with E-state index < -0.39 is 23.3 Å². The fourth-order valence-electron chi connectivity index (χ4n) is 6.62. The van der Waals surface area contributed by atoms with Crippen molar-refractivity contribution in [3.63, 3.8) is 0 Å². The maximum atomic E-state index is 14.4. The number of hydrogen-bond acceptors (Lipinski definition) is 5. The van der Waals surface area contributed by atoms with Crippen LogP contribution in [0.1, 0.15) is 25.2 Å². The average Bonchev–Trinajstić information content (AvgIpc) is 3.50. The first-order valence-electron chi connectivity index (χ1n) is 12.5. The third-order valence-electron chi connectivity index (χ3n) is 8.16. The molecule has 0 bridgehead atoms. The summed E-state index contributed by atoms with van der Waals surface area (Å²) in [7, 11) is 0. The molecule has 190 valence electrons. The summed E-state index contributed by atoms with van der Waals surface area (Å²) in [4.78, 5) is 48.5. The molecule has 1 aromatic heterocycles. The molecule has 9 heteroatoms. The Morgan fingerprint density at radius 2 is 1.66 bits per heavy atom. The molecular formula is C29H22Cl2N4O3. The van der Waals surface area contributed by atoms with Crippen molar-refractivity contribution in [3.8, 4) is 5.69 Å². The molecule has 1 N–H and O–H groups in total.